The van der Waals surface area contributed by atoms with Crippen molar-refractivity contribution in [2.45, 2.75) is 0 Å². The molecule has 5 nitrogen and oxygen atoms in total. The number of hydrogen-bond acceptors (Lipinski definition) is 3. The summed E-state index contributed by atoms with van der Waals surface area (Å²) in [7, 11) is 0. The molecule has 20 heavy (non-hydrogen) atoms. The van der Waals surface area contributed by atoms with Crippen LogP contribution in [0.3, 0.4) is 0 Å². The third-order valence-corrected chi connectivity index (χ3v) is 2.98. The van der Waals surface area contributed by atoms with E-state index in [-0.39, 0.29) is 0 Å². The first kappa shape index (κ1) is 12.1. The van der Waals surface area contributed by atoms with Gasteiger partial charge in [-0.3, -0.25) is 9.78 Å². The number of aromatic nitrogens is 3. The topological polar surface area (TPSA) is 73.8 Å². The minimum absolute atomic E-state index is 0.414. The molecule has 0 atom stereocenters. The molecule has 2 heterocycles. The number of nitrogens with zero attached hydrogens (tertiary/aromatic N) is 3. The number of primary amides is 1. The number of amides is 1. The van der Waals surface area contributed by atoms with E-state index in [2.05, 4.69) is 10.1 Å². The summed E-state index contributed by atoms with van der Waals surface area (Å²) >= 11 is 0. The fourth-order valence-electron chi connectivity index (χ4n) is 2.12. The first-order valence-electron chi connectivity index (χ1n) is 6.11. The molecule has 0 saturated heterocycles. The Kier molecular flexibility index (Phi) is 3.01. The Morgan fingerprint density at radius 3 is 2.60 bits per heavy atom. The van der Waals surface area contributed by atoms with Gasteiger partial charge in [-0.1, -0.05) is 18.2 Å². The first-order valence-corrected chi connectivity index (χ1v) is 6.11. The highest BCUT2D eigenvalue weighted by Crippen LogP contribution is 2.27. The highest BCUT2D eigenvalue weighted by molar-refractivity contribution is 5.99. The van der Waals surface area contributed by atoms with Crippen LogP contribution in [0.15, 0.2) is 61.1 Å². The molecule has 0 spiro atoms. The predicted octanol–water partition coefficient (Wildman–Crippen LogP) is 2.03. The molecular weight excluding hydrogens is 252 g/mol. The number of benzene rings is 1. The molecule has 0 bridgehead atoms. The molecule has 2 aromatic heterocycles. The number of rotatable bonds is 3. The number of pyridine rings is 1. The number of para-hydroxylation sites is 1. The Morgan fingerprint density at radius 2 is 1.95 bits per heavy atom. The van der Waals surface area contributed by atoms with Crippen molar-refractivity contribution in [1.29, 1.82) is 0 Å². The third-order valence-electron chi connectivity index (χ3n) is 2.98. The van der Waals surface area contributed by atoms with Crippen LogP contribution in [0, 0.1) is 0 Å². The first-order chi connectivity index (χ1) is 9.77. The lowest BCUT2D eigenvalue weighted by Gasteiger charge is -2.12. The lowest BCUT2D eigenvalue weighted by molar-refractivity contribution is 0.1000. The number of hydrogen-bond donors (Lipinski definition) is 1. The van der Waals surface area contributed by atoms with Gasteiger partial charge in [-0.25, -0.2) is 4.68 Å². The molecule has 3 aromatic rings. The molecular formula is C15H12N4O. The van der Waals surface area contributed by atoms with Crippen molar-refractivity contribution >= 4 is 5.91 Å². The van der Waals surface area contributed by atoms with Crippen LogP contribution in [0.5, 0.6) is 0 Å². The molecule has 0 saturated carbocycles. The van der Waals surface area contributed by atoms with E-state index in [1.54, 1.807) is 41.5 Å². The van der Waals surface area contributed by atoms with E-state index >= 15 is 0 Å². The Labute approximate surface area is 115 Å². The summed E-state index contributed by atoms with van der Waals surface area (Å²) < 4.78 is 1.63. The second kappa shape index (κ2) is 4.97. The van der Waals surface area contributed by atoms with Gasteiger partial charge in [-0.05, 0) is 24.3 Å². The summed E-state index contributed by atoms with van der Waals surface area (Å²) in [4.78, 5) is 16.0. The minimum atomic E-state index is -0.492. The Bertz CT molecular complexity index is 736. The van der Waals surface area contributed by atoms with Crippen LogP contribution in [0.25, 0.3) is 16.9 Å². The van der Waals surface area contributed by atoms with Crippen LogP contribution in [0.2, 0.25) is 0 Å². The molecule has 0 unspecified atom stereocenters. The van der Waals surface area contributed by atoms with Gasteiger partial charge in [0, 0.05) is 24.2 Å². The van der Waals surface area contributed by atoms with E-state index in [1.165, 1.54) is 0 Å². The Balaban J connectivity index is 2.30. The molecule has 1 amide bonds. The van der Waals surface area contributed by atoms with Gasteiger partial charge in [0.05, 0.1) is 16.9 Å². The molecule has 2 N–H and O–H groups in total. The lowest BCUT2D eigenvalue weighted by atomic mass is 10.0. The number of carbonyl (C=O) groups excluding carboxylic acids is 1. The van der Waals surface area contributed by atoms with Gasteiger partial charge in [-0.2, -0.15) is 5.10 Å². The van der Waals surface area contributed by atoms with Gasteiger partial charge < -0.3 is 5.73 Å². The second-order valence-electron chi connectivity index (χ2n) is 4.23. The zero-order valence-electron chi connectivity index (χ0n) is 10.6. The molecule has 0 radical (unpaired) electrons. The van der Waals surface area contributed by atoms with E-state index in [1.807, 2.05) is 24.3 Å². The smallest absolute Gasteiger partial charge is 0.250 e. The van der Waals surface area contributed by atoms with Crippen molar-refractivity contribution in [1.82, 2.24) is 14.8 Å². The number of nitrogens with two attached hydrogens (primary N) is 1. The van der Waals surface area contributed by atoms with E-state index in [0.29, 0.717) is 11.3 Å². The quantitative estimate of drug-likeness (QED) is 0.786. The maximum atomic E-state index is 11.7. The lowest BCUT2D eigenvalue weighted by Crippen LogP contribution is -2.15. The largest absolute Gasteiger partial charge is 0.366 e. The van der Waals surface area contributed by atoms with E-state index in [4.69, 9.17) is 5.73 Å². The van der Waals surface area contributed by atoms with Gasteiger partial charge in [0.25, 0.3) is 5.91 Å². The van der Waals surface area contributed by atoms with Gasteiger partial charge in [0.2, 0.25) is 0 Å². The third kappa shape index (κ3) is 2.05. The van der Waals surface area contributed by atoms with E-state index in [9.17, 15) is 4.79 Å². The maximum absolute atomic E-state index is 11.7. The van der Waals surface area contributed by atoms with Gasteiger partial charge >= 0.3 is 0 Å². The fourth-order valence-corrected chi connectivity index (χ4v) is 2.12. The second-order valence-corrected chi connectivity index (χ2v) is 4.23. The van der Waals surface area contributed by atoms with Gasteiger partial charge in [0.1, 0.15) is 0 Å². The fraction of sp³-hybridized carbons (Fsp3) is 0. The molecule has 0 aliphatic rings. The van der Waals surface area contributed by atoms with Crippen LogP contribution < -0.4 is 5.73 Å². The van der Waals surface area contributed by atoms with Crippen LogP contribution in [-0.2, 0) is 0 Å². The Hall–Kier alpha value is -2.95. The summed E-state index contributed by atoms with van der Waals surface area (Å²) in [5.74, 6) is -0.492. The molecule has 1 aromatic carbocycles. The van der Waals surface area contributed by atoms with Crippen LogP contribution in [0.4, 0.5) is 0 Å². The minimum Gasteiger partial charge on any atom is -0.366 e. The average molecular weight is 264 g/mol. The zero-order chi connectivity index (χ0) is 13.9. The van der Waals surface area contributed by atoms with Crippen molar-refractivity contribution in [2.75, 3.05) is 0 Å². The van der Waals surface area contributed by atoms with Crippen molar-refractivity contribution in [2.24, 2.45) is 5.73 Å². The highest BCUT2D eigenvalue weighted by atomic mass is 16.1. The number of carbonyl (C=O) groups is 1. The van der Waals surface area contributed by atoms with Crippen LogP contribution in [0.1, 0.15) is 10.4 Å². The van der Waals surface area contributed by atoms with Crippen molar-refractivity contribution in [3.8, 4) is 16.9 Å². The van der Waals surface area contributed by atoms with Crippen LogP contribution >= 0.6 is 0 Å². The summed E-state index contributed by atoms with van der Waals surface area (Å²) in [6, 6.07) is 12.8. The van der Waals surface area contributed by atoms with Gasteiger partial charge in [0.15, 0.2) is 0 Å². The van der Waals surface area contributed by atoms with Gasteiger partial charge in [-0.15, -0.1) is 0 Å². The van der Waals surface area contributed by atoms with E-state index < -0.39 is 5.91 Å². The van der Waals surface area contributed by atoms with Crippen molar-refractivity contribution < 1.29 is 4.79 Å². The molecule has 0 fully saturated rings. The summed E-state index contributed by atoms with van der Waals surface area (Å²) in [6.07, 6.45) is 5.13. The zero-order valence-corrected chi connectivity index (χ0v) is 10.6. The standard InChI is InChI=1S/C15H12N4O/c16-15(20)12-6-3-5-11(13-7-1-2-8-17-13)14(12)19-10-4-9-18-19/h1-10H,(H2,16,20). The molecule has 0 aliphatic heterocycles. The SMILES string of the molecule is NC(=O)c1cccc(-c2ccccn2)c1-n1cccn1. The maximum Gasteiger partial charge on any atom is 0.250 e. The van der Waals surface area contributed by atoms with Crippen molar-refractivity contribution in [3.63, 3.8) is 0 Å². The molecule has 0 aliphatic carbocycles. The molecule has 98 valence electrons. The normalized spacial score (nSPS) is 10.4. The summed E-state index contributed by atoms with van der Waals surface area (Å²) in [6.45, 7) is 0. The monoisotopic (exact) mass is 264 g/mol. The average Bonchev–Trinajstić information content (AvgIpc) is 3.01. The Morgan fingerprint density at radius 1 is 1.05 bits per heavy atom. The molecule has 3 rings (SSSR count). The predicted molar refractivity (Wildman–Crippen MR) is 75.3 cm³/mol. The summed E-state index contributed by atoms with van der Waals surface area (Å²) in [5, 5.41) is 4.20. The highest BCUT2D eigenvalue weighted by Gasteiger charge is 2.16. The summed E-state index contributed by atoms with van der Waals surface area (Å²) in [5.41, 5.74) is 8.10. The van der Waals surface area contributed by atoms with E-state index in [0.717, 1.165) is 11.3 Å². The molecule has 5 heteroatoms. The van der Waals surface area contributed by atoms with Crippen LogP contribution in [-0.4, -0.2) is 20.7 Å². The van der Waals surface area contributed by atoms with Crippen molar-refractivity contribution in [3.05, 3.63) is 66.6 Å².